The van der Waals surface area contributed by atoms with Crippen molar-refractivity contribution >= 4 is 26.9 Å². The molecule has 0 aliphatic rings. The van der Waals surface area contributed by atoms with E-state index in [0.29, 0.717) is 11.3 Å². The number of rotatable bonds is 4. The van der Waals surface area contributed by atoms with E-state index in [1.54, 1.807) is 36.7 Å². The Balaban J connectivity index is 1.78. The molecule has 7 nitrogen and oxygen atoms in total. The highest BCUT2D eigenvalue weighted by atomic mass is 32.2. The molecule has 4 aromatic rings. The molecule has 0 saturated carbocycles. The van der Waals surface area contributed by atoms with Crippen molar-refractivity contribution in [2.75, 3.05) is 11.6 Å². The number of nitrogens with one attached hydrogen (secondary N) is 2. The van der Waals surface area contributed by atoms with Gasteiger partial charge in [0.1, 0.15) is 0 Å². The van der Waals surface area contributed by atoms with Gasteiger partial charge in [-0.05, 0) is 36.4 Å². The van der Waals surface area contributed by atoms with E-state index in [0.717, 1.165) is 16.9 Å². The molecule has 0 amide bonds. The summed E-state index contributed by atoms with van der Waals surface area (Å²) in [5.41, 5.74) is 3.44. The lowest BCUT2D eigenvalue weighted by molar-refractivity contribution is 0.602. The Kier molecular flexibility index (Phi) is 4.04. The van der Waals surface area contributed by atoms with Crippen LogP contribution in [0.5, 0.6) is 0 Å². The number of hydrogen-bond donors (Lipinski definition) is 2. The summed E-state index contributed by atoms with van der Waals surface area (Å²) in [5.74, 6) is 0. The van der Waals surface area contributed by atoms with Crippen LogP contribution in [0.2, 0.25) is 0 Å². The standard InChI is InChI=1S/C19H16N4O3S/c1-27(25,26)15-4-2-3-14(12-15)22-16-5-6-17(23-10-9-21-19(16)23)13-7-8-20-18(24)11-13/h2-12,22H,1H3,(H,20,24). The highest BCUT2D eigenvalue weighted by molar-refractivity contribution is 7.90. The first kappa shape index (κ1) is 17.0. The lowest BCUT2D eigenvalue weighted by Gasteiger charge is -2.12. The number of anilines is 2. The summed E-state index contributed by atoms with van der Waals surface area (Å²) in [4.78, 5) is 18.9. The zero-order valence-corrected chi connectivity index (χ0v) is 15.2. The molecule has 0 spiro atoms. The SMILES string of the molecule is CS(=O)(=O)c1cccc(Nc2ccc(-c3cc[nH]c(=O)c3)n3ccnc23)c1. The van der Waals surface area contributed by atoms with Crippen LogP contribution in [0.3, 0.4) is 0 Å². The lowest BCUT2D eigenvalue weighted by Crippen LogP contribution is -2.04. The molecule has 0 aliphatic heterocycles. The van der Waals surface area contributed by atoms with Crippen molar-refractivity contribution in [3.05, 3.63) is 77.5 Å². The predicted octanol–water partition coefficient (Wildman–Crippen LogP) is 2.84. The fourth-order valence-electron chi connectivity index (χ4n) is 2.91. The molecule has 0 radical (unpaired) electrons. The van der Waals surface area contributed by atoms with Crippen molar-refractivity contribution in [3.63, 3.8) is 0 Å². The van der Waals surface area contributed by atoms with E-state index in [1.807, 2.05) is 28.8 Å². The fourth-order valence-corrected chi connectivity index (χ4v) is 3.58. The normalized spacial score (nSPS) is 11.6. The van der Waals surface area contributed by atoms with Crippen LogP contribution in [0.4, 0.5) is 11.4 Å². The molecule has 2 N–H and O–H groups in total. The first-order valence-corrected chi connectivity index (χ1v) is 10.0. The third kappa shape index (κ3) is 3.34. The fraction of sp³-hybridized carbons (Fsp3) is 0.0526. The number of nitrogens with zero attached hydrogens (tertiary/aromatic N) is 2. The number of benzene rings is 1. The van der Waals surface area contributed by atoms with Crippen LogP contribution < -0.4 is 10.9 Å². The van der Waals surface area contributed by atoms with Gasteiger partial charge >= 0.3 is 0 Å². The third-order valence-corrected chi connectivity index (χ3v) is 5.27. The monoisotopic (exact) mass is 380 g/mol. The summed E-state index contributed by atoms with van der Waals surface area (Å²) in [7, 11) is -3.29. The first-order chi connectivity index (χ1) is 12.9. The summed E-state index contributed by atoms with van der Waals surface area (Å²) < 4.78 is 25.4. The van der Waals surface area contributed by atoms with E-state index in [2.05, 4.69) is 15.3 Å². The van der Waals surface area contributed by atoms with Gasteiger partial charge in [0.15, 0.2) is 15.5 Å². The molecule has 8 heteroatoms. The number of fused-ring (bicyclic) bond motifs is 1. The van der Waals surface area contributed by atoms with E-state index >= 15 is 0 Å². The van der Waals surface area contributed by atoms with Crippen molar-refractivity contribution < 1.29 is 8.42 Å². The molecular weight excluding hydrogens is 364 g/mol. The lowest BCUT2D eigenvalue weighted by atomic mass is 10.1. The highest BCUT2D eigenvalue weighted by Gasteiger charge is 2.11. The van der Waals surface area contributed by atoms with Crippen molar-refractivity contribution in [2.24, 2.45) is 0 Å². The average molecular weight is 380 g/mol. The van der Waals surface area contributed by atoms with Gasteiger partial charge in [-0.25, -0.2) is 13.4 Å². The maximum Gasteiger partial charge on any atom is 0.248 e. The molecule has 1 aromatic carbocycles. The second-order valence-electron chi connectivity index (χ2n) is 6.12. The molecule has 4 rings (SSSR count). The Morgan fingerprint density at radius 2 is 1.96 bits per heavy atom. The van der Waals surface area contributed by atoms with E-state index in [-0.39, 0.29) is 10.5 Å². The van der Waals surface area contributed by atoms with Crippen LogP contribution >= 0.6 is 0 Å². The zero-order valence-electron chi connectivity index (χ0n) is 14.4. The van der Waals surface area contributed by atoms with Crippen LogP contribution in [0.1, 0.15) is 0 Å². The van der Waals surface area contributed by atoms with E-state index in [9.17, 15) is 13.2 Å². The number of hydrogen-bond acceptors (Lipinski definition) is 5. The molecule has 0 atom stereocenters. The van der Waals surface area contributed by atoms with Gasteiger partial charge in [-0.15, -0.1) is 0 Å². The summed E-state index contributed by atoms with van der Waals surface area (Å²) >= 11 is 0. The van der Waals surface area contributed by atoms with Crippen molar-refractivity contribution in [1.29, 1.82) is 0 Å². The van der Waals surface area contributed by atoms with Crippen LogP contribution in [-0.2, 0) is 9.84 Å². The molecule has 0 fully saturated rings. The van der Waals surface area contributed by atoms with Crippen LogP contribution in [0, 0.1) is 0 Å². The van der Waals surface area contributed by atoms with Crippen molar-refractivity contribution in [2.45, 2.75) is 4.90 Å². The van der Waals surface area contributed by atoms with Gasteiger partial charge in [0.05, 0.1) is 16.3 Å². The molecule has 27 heavy (non-hydrogen) atoms. The van der Waals surface area contributed by atoms with Gasteiger partial charge < -0.3 is 10.3 Å². The largest absolute Gasteiger partial charge is 0.352 e. The van der Waals surface area contributed by atoms with Gasteiger partial charge in [0.25, 0.3) is 0 Å². The minimum atomic E-state index is -3.29. The number of sulfone groups is 1. The first-order valence-electron chi connectivity index (χ1n) is 8.14. The van der Waals surface area contributed by atoms with Gasteiger partial charge in [-0.1, -0.05) is 6.07 Å². The van der Waals surface area contributed by atoms with Crippen LogP contribution in [0.25, 0.3) is 16.9 Å². The zero-order chi connectivity index (χ0) is 19.0. The smallest absolute Gasteiger partial charge is 0.248 e. The Morgan fingerprint density at radius 1 is 1.11 bits per heavy atom. The summed E-state index contributed by atoms with van der Waals surface area (Å²) in [6.07, 6.45) is 6.26. The Bertz CT molecular complexity index is 1310. The average Bonchev–Trinajstić information content (AvgIpc) is 3.12. The molecule has 3 aromatic heterocycles. The van der Waals surface area contributed by atoms with Gasteiger partial charge in [0, 0.05) is 42.2 Å². The Hall–Kier alpha value is -3.39. The summed E-state index contributed by atoms with van der Waals surface area (Å²) in [5, 5.41) is 3.22. The molecule has 0 saturated heterocycles. The minimum Gasteiger partial charge on any atom is -0.352 e. The number of imidazole rings is 1. The maximum atomic E-state index is 11.8. The number of aromatic nitrogens is 3. The predicted molar refractivity (Wildman–Crippen MR) is 104 cm³/mol. The van der Waals surface area contributed by atoms with Crippen molar-refractivity contribution in [1.82, 2.24) is 14.4 Å². The minimum absolute atomic E-state index is 0.180. The molecule has 0 bridgehead atoms. The molecule has 3 heterocycles. The molecule has 0 aliphatic carbocycles. The number of H-pyrrole nitrogens is 1. The van der Waals surface area contributed by atoms with Crippen molar-refractivity contribution in [3.8, 4) is 11.3 Å². The van der Waals surface area contributed by atoms with E-state index in [1.165, 1.54) is 12.3 Å². The Labute approximate surface area is 155 Å². The van der Waals surface area contributed by atoms with Gasteiger partial charge in [-0.2, -0.15) is 0 Å². The second kappa shape index (κ2) is 6.40. The van der Waals surface area contributed by atoms with Gasteiger partial charge in [-0.3, -0.25) is 9.20 Å². The second-order valence-corrected chi connectivity index (χ2v) is 8.14. The topological polar surface area (TPSA) is 96.3 Å². The van der Waals surface area contributed by atoms with Crippen LogP contribution in [-0.4, -0.2) is 29.0 Å². The highest BCUT2D eigenvalue weighted by Crippen LogP contribution is 2.27. The van der Waals surface area contributed by atoms with E-state index in [4.69, 9.17) is 0 Å². The summed E-state index contributed by atoms with van der Waals surface area (Å²) in [6, 6.07) is 13.7. The quantitative estimate of drug-likeness (QED) is 0.567. The number of pyridine rings is 2. The van der Waals surface area contributed by atoms with E-state index < -0.39 is 9.84 Å². The third-order valence-electron chi connectivity index (χ3n) is 4.16. The van der Waals surface area contributed by atoms with Gasteiger partial charge in [0.2, 0.25) is 5.56 Å². The summed E-state index contributed by atoms with van der Waals surface area (Å²) in [6.45, 7) is 0. The van der Waals surface area contributed by atoms with Crippen LogP contribution in [0.15, 0.2) is 76.8 Å². The molecule has 0 unspecified atom stereocenters. The maximum absolute atomic E-state index is 11.8. The molecular formula is C19H16N4O3S. The number of aromatic amines is 1. The molecule has 136 valence electrons. The Morgan fingerprint density at radius 3 is 2.74 bits per heavy atom.